The van der Waals surface area contributed by atoms with Crippen molar-refractivity contribution >= 4 is 5.91 Å². The van der Waals surface area contributed by atoms with Crippen LogP contribution < -0.4 is 4.74 Å². The van der Waals surface area contributed by atoms with Gasteiger partial charge in [0.15, 0.2) is 6.10 Å². The highest BCUT2D eigenvalue weighted by molar-refractivity contribution is 5.81. The smallest absolute Gasteiger partial charge is 0.263 e. The topological polar surface area (TPSA) is 29.5 Å². The zero-order valence-electron chi connectivity index (χ0n) is 15.2. The van der Waals surface area contributed by atoms with E-state index in [2.05, 4.69) is 18.2 Å². The standard InChI is InChI=1S/C22H27NO2/c1-3-23(16-18-10-5-4-6-11-18)22(24)17(2)25-21-15-9-13-19-12-7-8-14-20(19)21/h4-6,9-11,13,15,17H,3,7-8,12,14,16H2,1-2H3. The third kappa shape index (κ3) is 4.22. The number of rotatable bonds is 6. The average molecular weight is 337 g/mol. The number of fused-ring (bicyclic) bond motifs is 1. The van der Waals surface area contributed by atoms with Crippen LogP contribution >= 0.6 is 0 Å². The molecule has 1 amide bonds. The molecular weight excluding hydrogens is 310 g/mol. The third-order valence-electron chi connectivity index (χ3n) is 4.91. The Labute approximate surface area is 150 Å². The molecule has 0 heterocycles. The lowest BCUT2D eigenvalue weighted by atomic mass is 9.91. The Balaban J connectivity index is 1.69. The summed E-state index contributed by atoms with van der Waals surface area (Å²) < 4.78 is 6.10. The second kappa shape index (κ2) is 8.19. The summed E-state index contributed by atoms with van der Waals surface area (Å²) in [6.07, 6.45) is 4.13. The third-order valence-corrected chi connectivity index (χ3v) is 4.91. The lowest BCUT2D eigenvalue weighted by molar-refractivity contribution is -0.138. The number of hydrogen-bond donors (Lipinski definition) is 0. The van der Waals surface area contributed by atoms with Crippen molar-refractivity contribution in [3.63, 3.8) is 0 Å². The minimum Gasteiger partial charge on any atom is -0.481 e. The summed E-state index contributed by atoms with van der Waals surface area (Å²) in [5.41, 5.74) is 3.81. The van der Waals surface area contributed by atoms with Gasteiger partial charge in [0.1, 0.15) is 5.75 Å². The van der Waals surface area contributed by atoms with Crippen LogP contribution in [0.3, 0.4) is 0 Å². The van der Waals surface area contributed by atoms with E-state index in [1.54, 1.807) is 0 Å². The Bertz CT molecular complexity index is 711. The van der Waals surface area contributed by atoms with Gasteiger partial charge in [-0.05, 0) is 62.3 Å². The van der Waals surface area contributed by atoms with E-state index in [9.17, 15) is 4.79 Å². The van der Waals surface area contributed by atoms with E-state index in [1.807, 2.05) is 49.1 Å². The van der Waals surface area contributed by atoms with Gasteiger partial charge in [0.25, 0.3) is 5.91 Å². The monoisotopic (exact) mass is 337 g/mol. The molecule has 3 nitrogen and oxygen atoms in total. The van der Waals surface area contributed by atoms with E-state index >= 15 is 0 Å². The molecule has 1 atom stereocenters. The van der Waals surface area contributed by atoms with Crippen molar-refractivity contribution in [1.82, 2.24) is 4.90 Å². The Morgan fingerprint density at radius 1 is 1.08 bits per heavy atom. The Hall–Kier alpha value is -2.29. The van der Waals surface area contributed by atoms with E-state index in [0.717, 1.165) is 24.2 Å². The largest absolute Gasteiger partial charge is 0.481 e. The molecule has 1 aliphatic carbocycles. The lowest BCUT2D eigenvalue weighted by Gasteiger charge is -2.26. The van der Waals surface area contributed by atoms with Crippen molar-refractivity contribution in [1.29, 1.82) is 0 Å². The number of benzene rings is 2. The van der Waals surface area contributed by atoms with Gasteiger partial charge < -0.3 is 9.64 Å². The number of likely N-dealkylation sites (N-methyl/N-ethyl adjacent to an activating group) is 1. The van der Waals surface area contributed by atoms with E-state index in [0.29, 0.717) is 13.1 Å². The molecule has 0 N–H and O–H groups in total. The molecule has 1 aliphatic rings. The fourth-order valence-electron chi connectivity index (χ4n) is 3.50. The van der Waals surface area contributed by atoms with Crippen LogP contribution in [0.1, 0.15) is 43.4 Å². The number of amides is 1. The van der Waals surface area contributed by atoms with Gasteiger partial charge in [0.05, 0.1) is 0 Å². The SMILES string of the molecule is CCN(Cc1ccccc1)C(=O)C(C)Oc1cccc2c1CCCC2. The van der Waals surface area contributed by atoms with Crippen molar-refractivity contribution in [2.75, 3.05) is 6.54 Å². The zero-order chi connectivity index (χ0) is 17.6. The Morgan fingerprint density at radius 3 is 2.60 bits per heavy atom. The highest BCUT2D eigenvalue weighted by Crippen LogP contribution is 2.30. The lowest BCUT2D eigenvalue weighted by Crippen LogP contribution is -2.40. The van der Waals surface area contributed by atoms with Crippen LogP contribution in [-0.4, -0.2) is 23.5 Å². The first-order chi connectivity index (χ1) is 12.2. The van der Waals surface area contributed by atoms with Crippen LogP contribution in [0, 0.1) is 0 Å². The molecule has 0 spiro atoms. The molecule has 132 valence electrons. The average Bonchev–Trinajstić information content (AvgIpc) is 2.66. The Kier molecular flexibility index (Phi) is 5.75. The fourth-order valence-corrected chi connectivity index (χ4v) is 3.50. The van der Waals surface area contributed by atoms with Crippen LogP contribution in [0.5, 0.6) is 5.75 Å². The molecular formula is C22H27NO2. The molecule has 0 saturated heterocycles. The number of hydrogen-bond acceptors (Lipinski definition) is 2. The molecule has 25 heavy (non-hydrogen) atoms. The zero-order valence-corrected chi connectivity index (χ0v) is 15.2. The van der Waals surface area contributed by atoms with Gasteiger partial charge in [0.2, 0.25) is 0 Å². The van der Waals surface area contributed by atoms with Crippen molar-refractivity contribution in [3.05, 3.63) is 65.2 Å². The maximum absolute atomic E-state index is 12.9. The summed E-state index contributed by atoms with van der Waals surface area (Å²) in [4.78, 5) is 14.7. The molecule has 2 aromatic rings. The van der Waals surface area contributed by atoms with Crippen molar-refractivity contribution < 1.29 is 9.53 Å². The van der Waals surface area contributed by atoms with Crippen LogP contribution in [0.2, 0.25) is 0 Å². The van der Waals surface area contributed by atoms with Crippen molar-refractivity contribution in [3.8, 4) is 5.75 Å². The van der Waals surface area contributed by atoms with Gasteiger partial charge in [-0.25, -0.2) is 0 Å². The van der Waals surface area contributed by atoms with E-state index in [-0.39, 0.29) is 5.91 Å². The first-order valence-electron chi connectivity index (χ1n) is 9.29. The quantitative estimate of drug-likeness (QED) is 0.783. The van der Waals surface area contributed by atoms with Crippen LogP contribution in [0.4, 0.5) is 0 Å². The molecule has 0 aliphatic heterocycles. The van der Waals surface area contributed by atoms with Gasteiger partial charge in [0, 0.05) is 13.1 Å². The summed E-state index contributed by atoms with van der Waals surface area (Å²) in [5, 5.41) is 0. The minimum atomic E-state index is -0.475. The first-order valence-corrected chi connectivity index (χ1v) is 9.29. The van der Waals surface area contributed by atoms with Crippen LogP contribution in [-0.2, 0) is 24.2 Å². The maximum Gasteiger partial charge on any atom is 0.263 e. The fraction of sp³-hybridized carbons (Fsp3) is 0.409. The summed E-state index contributed by atoms with van der Waals surface area (Å²) in [6.45, 7) is 5.17. The second-order valence-corrected chi connectivity index (χ2v) is 6.70. The molecule has 0 fully saturated rings. The summed E-state index contributed by atoms with van der Waals surface area (Å²) in [7, 11) is 0. The second-order valence-electron chi connectivity index (χ2n) is 6.70. The minimum absolute atomic E-state index is 0.0414. The summed E-state index contributed by atoms with van der Waals surface area (Å²) in [6, 6.07) is 16.3. The number of nitrogens with zero attached hydrogens (tertiary/aromatic N) is 1. The molecule has 3 heteroatoms. The predicted octanol–water partition coefficient (Wildman–Crippen LogP) is 4.38. The Morgan fingerprint density at radius 2 is 1.84 bits per heavy atom. The number of carbonyl (C=O) groups is 1. The molecule has 3 rings (SSSR count). The summed E-state index contributed by atoms with van der Waals surface area (Å²) in [5.74, 6) is 0.925. The highest BCUT2D eigenvalue weighted by Gasteiger charge is 2.23. The van der Waals surface area contributed by atoms with Crippen LogP contribution in [0.25, 0.3) is 0 Å². The van der Waals surface area contributed by atoms with Gasteiger partial charge in [-0.3, -0.25) is 4.79 Å². The molecule has 2 aromatic carbocycles. The van der Waals surface area contributed by atoms with E-state index < -0.39 is 6.10 Å². The van der Waals surface area contributed by atoms with Gasteiger partial charge >= 0.3 is 0 Å². The number of ether oxygens (including phenoxy) is 1. The first kappa shape index (κ1) is 17.5. The maximum atomic E-state index is 12.9. The van der Waals surface area contributed by atoms with Gasteiger partial charge in [-0.1, -0.05) is 42.5 Å². The molecule has 0 aromatic heterocycles. The molecule has 0 saturated carbocycles. The van der Waals surface area contributed by atoms with Gasteiger partial charge in [-0.15, -0.1) is 0 Å². The van der Waals surface area contributed by atoms with Crippen molar-refractivity contribution in [2.45, 2.75) is 52.2 Å². The molecule has 1 unspecified atom stereocenters. The highest BCUT2D eigenvalue weighted by atomic mass is 16.5. The summed E-state index contributed by atoms with van der Waals surface area (Å²) >= 11 is 0. The van der Waals surface area contributed by atoms with E-state index in [4.69, 9.17) is 4.74 Å². The van der Waals surface area contributed by atoms with Crippen molar-refractivity contribution in [2.24, 2.45) is 0 Å². The molecule has 0 bridgehead atoms. The predicted molar refractivity (Wildman–Crippen MR) is 101 cm³/mol. The van der Waals surface area contributed by atoms with Gasteiger partial charge in [-0.2, -0.15) is 0 Å². The molecule has 0 radical (unpaired) electrons. The number of carbonyl (C=O) groups excluding carboxylic acids is 1. The number of aryl methyl sites for hydroxylation is 1. The van der Waals surface area contributed by atoms with E-state index in [1.165, 1.54) is 24.0 Å². The normalized spacial score (nSPS) is 14.5. The van der Waals surface area contributed by atoms with Crippen LogP contribution in [0.15, 0.2) is 48.5 Å².